The van der Waals surface area contributed by atoms with Gasteiger partial charge in [-0.05, 0) is 37.3 Å². The maximum absolute atomic E-state index is 13.1. The number of anilines is 2. The molecule has 8 nitrogen and oxygen atoms in total. The molecule has 0 aliphatic carbocycles. The number of carbonyl (C=O) groups is 1. The van der Waals surface area contributed by atoms with Crippen LogP contribution in [0.1, 0.15) is 12.6 Å². The molecule has 0 radical (unpaired) electrons. The number of carbonyl (C=O) groups excluding carboxylic acids is 1. The second-order valence-corrected chi connectivity index (χ2v) is 7.05. The Hall–Kier alpha value is -3.49. The Morgan fingerprint density at radius 2 is 1.83 bits per heavy atom. The largest absolute Gasteiger partial charge is 0.466 e. The van der Waals surface area contributed by atoms with Gasteiger partial charge in [-0.25, -0.2) is 9.37 Å². The van der Waals surface area contributed by atoms with E-state index in [1.165, 1.54) is 12.1 Å². The molecule has 2 aromatic heterocycles. The maximum Gasteiger partial charge on any atom is 0.313 e. The number of aromatic nitrogens is 3. The quantitative estimate of drug-likeness (QED) is 0.636. The summed E-state index contributed by atoms with van der Waals surface area (Å²) in [5.41, 5.74) is 1.80. The van der Waals surface area contributed by atoms with Crippen molar-refractivity contribution in [2.24, 2.45) is 0 Å². The normalized spacial score (nSPS) is 14.2. The molecule has 0 atom stereocenters. The lowest BCUT2D eigenvalue weighted by Crippen LogP contribution is -2.48. The van der Waals surface area contributed by atoms with E-state index in [-0.39, 0.29) is 24.5 Å². The van der Waals surface area contributed by atoms with Gasteiger partial charge in [0.05, 0.1) is 19.7 Å². The van der Waals surface area contributed by atoms with Gasteiger partial charge in [0, 0.05) is 24.8 Å². The fourth-order valence-corrected chi connectivity index (χ4v) is 3.55. The number of halogens is 1. The number of hydrogen-bond acceptors (Lipinski definition) is 6. The van der Waals surface area contributed by atoms with Crippen molar-refractivity contribution < 1.29 is 18.9 Å². The van der Waals surface area contributed by atoms with Gasteiger partial charge in [0.2, 0.25) is 5.82 Å². The summed E-state index contributed by atoms with van der Waals surface area (Å²) in [7, 11) is 0. The van der Waals surface area contributed by atoms with E-state index in [0.717, 1.165) is 37.7 Å². The van der Waals surface area contributed by atoms with Crippen LogP contribution in [-0.2, 0) is 16.0 Å². The summed E-state index contributed by atoms with van der Waals surface area (Å²) in [5, 5.41) is 0. The van der Waals surface area contributed by atoms with Gasteiger partial charge in [-0.2, -0.15) is 0 Å². The van der Waals surface area contributed by atoms with Crippen molar-refractivity contribution in [1.29, 1.82) is 0 Å². The number of rotatable bonds is 5. The SMILES string of the molecule is CCOC(=O)Cc1nc2[nH+]c(N3CCN(c4ccc(F)cc4)CC3)ccc2[nH]c1=O. The minimum absolute atomic E-state index is 0.121. The van der Waals surface area contributed by atoms with Crippen LogP contribution >= 0.6 is 0 Å². The monoisotopic (exact) mass is 412 g/mol. The number of nitrogens with zero attached hydrogens (tertiary/aromatic N) is 3. The van der Waals surface area contributed by atoms with Crippen LogP contribution in [0.25, 0.3) is 11.2 Å². The minimum atomic E-state index is -0.483. The Balaban J connectivity index is 1.50. The van der Waals surface area contributed by atoms with Crippen LogP contribution in [0.3, 0.4) is 0 Å². The summed E-state index contributed by atoms with van der Waals surface area (Å²) < 4.78 is 18.1. The summed E-state index contributed by atoms with van der Waals surface area (Å²) in [4.78, 5) is 38.7. The van der Waals surface area contributed by atoms with E-state index in [4.69, 9.17) is 4.74 Å². The van der Waals surface area contributed by atoms with Gasteiger partial charge < -0.3 is 14.6 Å². The molecule has 1 aromatic carbocycles. The highest BCUT2D eigenvalue weighted by Gasteiger charge is 2.23. The first-order valence-electron chi connectivity index (χ1n) is 9.90. The number of benzene rings is 1. The molecule has 0 spiro atoms. The van der Waals surface area contributed by atoms with Gasteiger partial charge in [-0.1, -0.05) is 4.98 Å². The molecule has 4 rings (SSSR count). The summed E-state index contributed by atoms with van der Waals surface area (Å²) in [5.74, 6) is 0.154. The zero-order chi connectivity index (χ0) is 21.1. The highest BCUT2D eigenvalue weighted by Crippen LogP contribution is 2.19. The predicted molar refractivity (Wildman–Crippen MR) is 110 cm³/mol. The lowest BCUT2D eigenvalue weighted by molar-refractivity contribution is -0.334. The fourth-order valence-electron chi connectivity index (χ4n) is 3.55. The molecule has 3 aromatic rings. The second-order valence-electron chi connectivity index (χ2n) is 7.05. The van der Waals surface area contributed by atoms with Crippen LogP contribution in [0.4, 0.5) is 15.9 Å². The predicted octanol–water partition coefficient (Wildman–Crippen LogP) is 1.31. The van der Waals surface area contributed by atoms with Crippen LogP contribution < -0.4 is 20.3 Å². The number of H-pyrrole nitrogens is 2. The molecule has 2 N–H and O–H groups in total. The minimum Gasteiger partial charge on any atom is -0.466 e. The van der Waals surface area contributed by atoms with Crippen LogP contribution in [0.15, 0.2) is 41.2 Å². The number of aromatic amines is 2. The number of fused-ring (bicyclic) bond motifs is 1. The molecule has 1 saturated heterocycles. The lowest BCUT2D eigenvalue weighted by Gasteiger charge is -2.33. The molecule has 0 saturated carbocycles. The van der Waals surface area contributed by atoms with E-state index in [0.29, 0.717) is 11.2 Å². The molecule has 0 amide bonds. The molecule has 1 aliphatic rings. The van der Waals surface area contributed by atoms with Gasteiger partial charge in [-0.3, -0.25) is 14.5 Å². The third-order valence-electron chi connectivity index (χ3n) is 5.10. The first kappa shape index (κ1) is 19.8. The van der Waals surface area contributed by atoms with Gasteiger partial charge in [-0.15, -0.1) is 0 Å². The summed E-state index contributed by atoms with van der Waals surface area (Å²) in [6.07, 6.45) is -0.173. The fraction of sp³-hybridized carbons (Fsp3) is 0.333. The van der Waals surface area contributed by atoms with E-state index in [1.807, 2.05) is 6.07 Å². The molecule has 30 heavy (non-hydrogen) atoms. The van der Waals surface area contributed by atoms with E-state index < -0.39 is 11.5 Å². The Morgan fingerprint density at radius 3 is 2.53 bits per heavy atom. The van der Waals surface area contributed by atoms with Crippen LogP contribution in [0.5, 0.6) is 0 Å². The van der Waals surface area contributed by atoms with Gasteiger partial charge in [0.25, 0.3) is 11.2 Å². The third kappa shape index (κ3) is 4.24. The number of ether oxygens (including phenoxy) is 1. The van der Waals surface area contributed by atoms with Crippen molar-refractivity contribution in [2.75, 3.05) is 42.6 Å². The van der Waals surface area contributed by atoms with E-state index in [2.05, 4.69) is 24.8 Å². The molecular formula is C21H23FN5O3+. The zero-order valence-corrected chi connectivity index (χ0v) is 16.7. The van der Waals surface area contributed by atoms with Gasteiger partial charge >= 0.3 is 5.97 Å². The number of hydrogen-bond donors (Lipinski definition) is 1. The lowest BCUT2D eigenvalue weighted by atomic mass is 10.2. The van der Waals surface area contributed by atoms with Crippen molar-refractivity contribution in [3.63, 3.8) is 0 Å². The number of pyridine rings is 1. The molecule has 0 unspecified atom stereocenters. The Morgan fingerprint density at radius 1 is 1.13 bits per heavy atom. The molecule has 9 heteroatoms. The Labute approximate surface area is 172 Å². The van der Waals surface area contributed by atoms with Crippen LogP contribution in [-0.4, -0.2) is 48.7 Å². The van der Waals surface area contributed by atoms with Gasteiger partial charge in [0.15, 0.2) is 5.69 Å². The van der Waals surface area contributed by atoms with E-state index >= 15 is 0 Å². The van der Waals surface area contributed by atoms with Crippen LogP contribution in [0.2, 0.25) is 0 Å². The van der Waals surface area contributed by atoms with Crippen molar-refractivity contribution >= 4 is 28.6 Å². The Kier molecular flexibility index (Phi) is 5.60. The molecular weight excluding hydrogens is 389 g/mol. The molecule has 0 bridgehead atoms. The van der Waals surface area contributed by atoms with E-state index in [9.17, 15) is 14.0 Å². The van der Waals surface area contributed by atoms with Crippen molar-refractivity contribution in [1.82, 2.24) is 9.97 Å². The van der Waals surface area contributed by atoms with Crippen molar-refractivity contribution in [3.05, 3.63) is 58.3 Å². The third-order valence-corrected chi connectivity index (χ3v) is 5.10. The molecule has 3 heterocycles. The first-order valence-corrected chi connectivity index (χ1v) is 9.90. The topological polar surface area (TPSA) is 92.7 Å². The first-order chi connectivity index (χ1) is 14.5. The number of piperazine rings is 1. The zero-order valence-electron chi connectivity index (χ0n) is 16.7. The number of esters is 1. The van der Waals surface area contributed by atoms with Crippen molar-refractivity contribution in [2.45, 2.75) is 13.3 Å². The summed E-state index contributed by atoms with van der Waals surface area (Å²) in [6, 6.07) is 10.2. The summed E-state index contributed by atoms with van der Waals surface area (Å²) >= 11 is 0. The second kappa shape index (κ2) is 8.48. The Bertz CT molecular complexity index is 1110. The van der Waals surface area contributed by atoms with E-state index in [1.54, 1.807) is 25.1 Å². The average Bonchev–Trinajstić information content (AvgIpc) is 2.75. The standard InChI is InChI=1S/C21H22FN5O3/c1-2-30-19(28)13-17-21(29)24-16-7-8-18(25-20(16)23-17)27-11-9-26(10-12-27)15-5-3-14(22)4-6-15/h3-8H,2,9-13H2,1H3,(H,24,29)/p+1. The highest BCUT2D eigenvalue weighted by atomic mass is 19.1. The highest BCUT2D eigenvalue weighted by molar-refractivity contribution is 5.73. The smallest absolute Gasteiger partial charge is 0.313 e. The maximum atomic E-state index is 13.1. The van der Waals surface area contributed by atoms with Crippen LogP contribution in [0, 0.1) is 5.82 Å². The molecule has 1 fully saturated rings. The summed E-state index contributed by atoms with van der Waals surface area (Å²) in [6.45, 7) is 5.11. The number of nitrogens with one attached hydrogen (secondary N) is 2. The molecule has 1 aliphatic heterocycles. The average molecular weight is 412 g/mol. The van der Waals surface area contributed by atoms with Crippen molar-refractivity contribution in [3.8, 4) is 0 Å². The molecule has 156 valence electrons. The van der Waals surface area contributed by atoms with Gasteiger partial charge in [0.1, 0.15) is 17.8 Å².